The molecular formula is C17H28. The molecule has 3 bridgehead atoms. The zero-order valence-corrected chi connectivity index (χ0v) is 11.9. The second kappa shape index (κ2) is 2.94. The van der Waals surface area contributed by atoms with Crippen LogP contribution in [0.3, 0.4) is 0 Å². The molecule has 0 radical (unpaired) electrons. The van der Waals surface area contributed by atoms with Crippen molar-refractivity contribution in [3.63, 3.8) is 0 Å². The van der Waals surface area contributed by atoms with E-state index in [0.29, 0.717) is 5.41 Å². The maximum Gasteiger partial charge on any atom is -0.0209 e. The Labute approximate surface area is 107 Å². The van der Waals surface area contributed by atoms with Crippen molar-refractivity contribution in [2.75, 3.05) is 0 Å². The zero-order chi connectivity index (χ0) is 11.9. The van der Waals surface area contributed by atoms with Gasteiger partial charge in [-0.2, -0.15) is 0 Å². The van der Waals surface area contributed by atoms with Gasteiger partial charge in [0.25, 0.3) is 0 Å². The molecule has 4 atom stereocenters. The van der Waals surface area contributed by atoms with Crippen LogP contribution in [-0.4, -0.2) is 0 Å². The molecule has 0 nitrogen and oxygen atoms in total. The molecule has 96 valence electrons. The smallest absolute Gasteiger partial charge is 0.0209 e. The quantitative estimate of drug-likeness (QED) is 0.549. The second-order valence-corrected chi connectivity index (χ2v) is 8.44. The highest BCUT2D eigenvalue weighted by atomic mass is 14.8. The van der Waals surface area contributed by atoms with Crippen LogP contribution in [0.25, 0.3) is 0 Å². The minimum absolute atomic E-state index is 0.666. The lowest BCUT2D eigenvalue weighted by molar-refractivity contribution is -0.00930. The van der Waals surface area contributed by atoms with Crippen LogP contribution in [0, 0.1) is 34.0 Å². The van der Waals surface area contributed by atoms with Gasteiger partial charge < -0.3 is 0 Å². The highest BCUT2D eigenvalue weighted by Gasteiger charge is 2.76. The van der Waals surface area contributed by atoms with Crippen LogP contribution in [0.2, 0.25) is 0 Å². The molecule has 4 unspecified atom stereocenters. The topological polar surface area (TPSA) is 0 Å². The first-order chi connectivity index (χ1) is 8.04. The van der Waals surface area contributed by atoms with E-state index in [-0.39, 0.29) is 0 Å². The molecule has 0 heterocycles. The molecule has 4 aliphatic rings. The van der Waals surface area contributed by atoms with Crippen molar-refractivity contribution in [3.05, 3.63) is 0 Å². The van der Waals surface area contributed by atoms with E-state index >= 15 is 0 Å². The zero-order valence-electron chi connectivity index (χ0n) is 11.9. The third kappa shape index (κ3) is 0.965. The molecule has 0 amide bonds. The van der Waals surface area contributed by atoms with Gasteiger partial charge in [-0.25, -0.2) is 0 Å². The molecule has 4 aliphatic carbocycles. The Morgan fingerprint density at radius 1 is 0.941 bits per heavy atom. The Hall–Kier alpha value is 0. The minimum atomic E-state index is 0.666. The summed E-state index contributed by atoms with van der Waals surface area (Å²) in [6, 6.07) is 0. The highest BCUT2D eigenvalue weighted by molar-refractivity contribution is 5.24. The summed E-state index contributed by atoms with van der Waals surface area (Å²) in [6.07, 6.45) is 12.5. The maximum absolute atomic E-state index is 2.62. The molecule has 0 saturated heterocycles. The van der Waals surface area contributed by atoms with Crippen molar-refractivity contribution in [3.8, 4) is 0 Å². The summed E-state index contributed by atoms with van der Waals surface area (Å²) >= 11 is 0. The lowest BCUT2D eigenvalue weighted by atomic mass is 9.55. The van der Waals surface area contributed by atoms with E-state index in [4.69, 9.17) is 0 Å². The van der Waals surface area contributed by atoms with E-state index in [0.717, 1.165) is 28.6 Å². The normalized spacial score (nSPS) is 53.5. The molecule has 0 N–H and O–H groups in total. The summed E-state index contributed by atoms with van der Waals surface area (Å²) in [5, 5.41) is 0. The van der Waals surface area contributed by atoms with Gasteiger partial charge in [0, 0.05) is 0 Å². The van der Waals surface area contributed by atoms with Gasteiger partial charge in [0.1, 0.15) is 0 Å². The molecule has 4 rings (SSSR count). The molecule has 0 aromatic rings. The fourth-order valence-corrected chi connectivity index (χ4v) is 7.55. The maximum atomic E-state index is 2.62. The Balaban J connectivity index is 1.79. The lowest BCUT2D eigenvalue weighted by Gasteiger charge is -2.50. The number of hydrogen-bond donors (Lipinski definition) is 0. The first-order valence-electron chi connectivity index (χ1n) is 8.04. The van der Waals surface area contributed by atoms with Crippen LogP contribution in [0.1, 0.15) is 72.1 Å². The monoisotopic (exact) mass is 232 g/mol. The van der Waals surface area contributed by atoms with Gasteiger partial charge in [-0.1, -0.05) is 40.0 Å². The van der Waals surface area contributed by atoms with Gasteiger partial charge in [0.15, 0.2) is 0 Å². The van der Waals surface area contributed by atoms with Crippen molar-refractivity contribution < 1.29 is 0 Å². The van der Waals surface area contributed by atoms with E-state index in [1.807, 2.05) is 0 Å². The van der Waals surface area contributed by atoms with E-state index in [9.17, 15) is 0 Å². The van der Waals surface area contributed by atoms with Crippen molar-refractivity contribution in [1.29, 1.82) is 0 Å². The van der Waals surface area contributed by atoms with Crippen LogP contribution in [0.5, 0.6) is 0 Å². The van der Waals surface area contributed by atoms with Crippen LogP contribution in [0.15, 0.2) is 0 Å². The molecule has 0 heteroatoms. The van der Waals surface area contributed by atoms with E-state index in [1.165, 1.54) is 19.3 Å². The molecule has 4 saturated carbocycles. The largest absolute Gasteiger partial charge is 0.0617 e. The summed E-state index contributed by atoms with van der Waals surface area (Å²) in [5.74, 6) is 3.21. The Morgan fingerprint density at radius 3 is 2.24 bits per heavy atom. The Kier molecular flexibility index (Phi) is 1.88. The van der Waals surface area contributed by atoms with Crippen molar-refractivity contribution >= 4 is 0 Å². The second-order valence-electron chi connectivity index (χ2n) is 8.44. The first kappa shape index (κ1) is 10.9. The Bertz CT molecular complexity index is 347. The van der Waals surface area contributed by atoms with E-state index < -0.39 is 0 Å². The summed E-state index contributed by atoms with van der Waals surface area (Å²) in [4.78, 5) is 0. The standard InChI is InChI=1S/C17H28/c1-12-14-13-7-10-17(12,15(13,2)3)11-16(14)8-5-4-6-9-16/h12-14H,4-11H2,1-3H3. The van der Waals surface area contributed by atoms with Gasteiger partial charge in [0.05, 0.1) is 0 Å². The van der Waals surface area contributed by atoms with Crippen LogP contribution in [0.4, 0.5) is 0 Å². The number of rotatable bonds is 0. The minimum Gasteiger partial charge on any atom is -0.0617 e. The van der Waals surface area contributed by atoms with Crippen molar-refractivity contribution in [2.45, 2.75) is 72.1 Å². The SMILES string of the molecule is CC1C2C3CCC1(CC21CCCCC1)C3(C)C. The van der Waals surface area contributed by atoms with Gasteiger partial charge in [-0.05, 0) is 66.1 Å². The van der Waals surface area contributed by atoms with E-state index in [2.05, 4.69) is 20.8 Å². The highest BCUT2D eigenvalue weighted by Crippen LogP contribution is 2.83. The summed E-state index contributed by atoms with van der Waals surface area (Å²) in [6.45, 7) is 7.84. The van der Waals surface area contributed by atoms with Gasteiger partial charge in [-0.3, -0.25) is 0 Å². The fourth-order valence-electron chi connectivity index (χ4n) is 7.55. The predicted octanol–water partition coefficient (Wildman–Crippen LogP) is 5.03. The van der Waals surface area contributed by atoms with Gasteiger partial charge >= 0.3 is 0 Å². The molecule has 4 fully saturated rings. The lowest BCUT2D eigenvalue weighted by Crippen LogP contribution is -2.42. The average Bonchev–Trinajstić information content (AvgIpc) is 2.69. The predicted molar refractivity (Wildman–Crippen MR) is 71.7 cm³/mol. The molecule has 2 spiro atoms. The summed E-state index contributed by atoms with van der Waals surface area (Å²) in [7, 11) is 0. The summed E-state index contributed by atoms with van der Waals surface area (Å²) in [5.41, 5.74) is 2.23. The van der Waals surface area contributed by atoms with Crippen molar-refractivity contribution in [2.24, 2.45) is 34.0 Å². The third-order valence-electron chi connectivity index (χ3n) is 8.18. The van der Waals surface area contributed by atoms with E-state index in [1.54, 1.807) is 32.1 Å². The van der Waals surface area contributed by atoms with Crippen LogP contribution < -0.4 is 0 Å². The molecule has 0 aliphatic heterocycles. The van der Waals surface area contributed by atoms with Crippen molar-refractivity contribution in [1.82, 2.24) is 0 Å². The molecule has 0 aromatic heterocycles. The fraction of sp³-hybridized carbons (Fsp3) is 1.00. The molecular weight excluding hydrogens is 204 g/mol. The average molecular weight is 232 g/mol. The molecule has 17 heavy (non-hydrogen) atoms. The number of fused-ring (bicyclic) bond motifs is 4. The van der Waals surface area contributed by atoms with Gasteiger partial charge in [0.2, 0.25) is 0 Å². The first-order valence-corrected chi connectivity index (χ1v) is 8.04. The Morgan fingerprint density at radius 2 is 1.65 bits per heavy atom. The van der Waals surface area contributed by atoms with Crippen LogP contribution in [-0.2, 0) is 0 Å². The molecule has 0 aromatic carbocycles. The third-order valence-corrected chi connectivity index (χ3v) is 8.18. The van der Waals surface area contributed by atoms with Crippen LogP contribution >= 0.6 is 0 Å². The number of hydrogen-bond acceptors (Lipinski definition) is 0. The summed E-state index contributed by atoms with van der Waals surface area (Å²) < 4.78 is 0. The van der Waals surface area contributed by atoms with Gasteiger partial charge in [-0.15, -0.1) is 0 Å².